The lowest BCUT2D eigenvalue weighted by atomic mass is 9.99. The average molecular weight is 358 g/mol. The predicted molar refractivity (Wildman–Crippen MR) is 69.8 cm³/mol. The van der Waals surface area contributed by atoms with Crippen molar-refractivity contribution in [2.24, 2.45) is 0 Å². The maximum atomic E-state index is 10.0. The number of hydrogen-bond donors (Lipinski definition) is 9. The van der Waals surface area contributed by atoms with E-state index in [0.717, 1.165) is 0 Å². The van der Waals surface area contributed by atoms with Crippen LogP contribution in [0.3, 0.4) is 0 Å². The van der Waals surface area contributed by atoms with Crippen molar-refractivity contribution in [2.75, 3.05) is 19.8 Å². The Bertz CT molecular complexity index is 434. The van der Waals surface area contributed by atoms with Gasteiger partial charge in [0, 0.05) is 0 Å². The number of ether oxygens (including phenoxy) is 3. The molecule has 12 nitrogen and oxygen atoms in total. The maximum absolute atomic E-state index is 10.0. The fourth-order valence-corrected chi connectivity index (χ4v) is 2.65. The zero-order valence-electron chi connectivity index (χ0n) is 12.4. The zero-order chi connectivity index (χ0) is 18.3. The van der Waals surface area contributed by atoms with Crippen LogP contribution in [-0.2, 0) is 14.2 Å². The van der Waals surface area contributed by atoms with Gasteiger partial charge in [0.05, 0.1) is 13.2 Å². The molecule has 0 bridgehead atoms. The molecule has 0 saturated carbocycles. The lowest BCUT2D eigenvalue weighted by Crippen LogP contribution is -2.62. The summed E-state index contributed by atoms with van der Waals surface area (Å²) in [4.78, 5) is 0. The van der Waals surface area contributed by atoms with E-state index in [1.807, 2.05) is 0 Å². The Morgan fingerprint density at radius 3 is 1.92 bits per heavy atom. The van der Waals surface area contributed by atoms with Crippen molar-refractivity contribution in [3.8, 4) is 0 Å². The van der Waals surface area contributed by atoms with Crippen LogP contribution in [0.25, 0.3) is 0 Å². The van der Waals surface area contributed by atoms with E-state index < -0.39 is 74.3 Å². The molecule has 24 heavy (non-hydrogen) atoms. The summed E-state index contributed by atoms with van der Waals surface area (Å²) in [6, 6.07) is 0. The molecule has 0 spiro atoms. The van der Waals surface area contributed by atoms with Crippen molar-refractivity contribution < 1.29 is 60.2 Å². The average Bonchev–Trinajstić information content (AvgIpc) is 2.77. The van der Waals surface area contributed by atoms with Crippen molar-refractivity contribution in [1.29, 1.82) is 0 Å². The van der Waals surface area contributed by atoms with Crippen LogP contribution in [0.15, 0.2) is 0 Å². The second-order valence-electron chi connectivity index (χ2n) is 5.78. The molecular weight excluding hydrogens is 336 g/mol. The molecule has 0 radical (unpaired) electrons. The lowest BCUT2D eigenvalue weighted by molar-refractivity contribution is -0.404. The first-order chi connectivity index (χ1) is 11.2. The van der Waals surface area contributed by atoms with Gasteiger partial charge in [-0.3, -0.25) is 0 Å². The van der Waals surface area contributed by atoms with Crippen molar-refractivity contribution in [3.05, 3.63) is 0 Å². The number of aliphatic hydroxyl groups is 9. The summed E-state index contributed by atoms with van der Waals surface area (Å²) in [5, 5.41) is 86.6. The monoisotopic (exact) mass is 358 g/mol. The van der Waals surface area contributed by atoms with Gasteiger partial charge in [0.25, 0.3) is 0 Å². The van der Waals surface area contributed by atoms with Crippen molar-refractivity contribution in [1.82, 2.24) is 0 Å². The molecule has 2 fully saturated rings. The first-order valence-corrected chi connectivity index (χ1v) is 7.14. The van der Waals surface area contributed by atoms with Crippen molar-refractivity contribution in [3.63, 3.8) is 0 Å². The summed E-state index contributed by atoms with van der Waals surface area (Å²) in [7, 11) is 0. The molecule has 0 aliphatic carbocycles. The molecule has 2 heterocycles. The Balaban J connectivity index is 2.23. The number of rotatable bonds is 5. The van der Waals surface area contributed by atoms with Gasteiger partial charge in [-0.25, -0.2) is 0 Å². The van der Waals surface area contributed by atoms with Crippen molar-refractivity contribution in [2.45, 2.75) is 54.5 Å². The second kappa shape index (κ2) is 7.03. The Morgan fingerprint density at radius 1 is 0.833 bits per heavy atom. The summed E-state index contributed by atoms with van der Waals surface area (Å²) in [6.07, 6.45) is -12.6. The summed E-state index contributed by atoms with van der Waals surface area (Å²) in [5.74, 6) is -5.17. The first kappa shape index (κ1) is 19.8. The van der Waals surface area contributed by atoms with E-state index >= 15 is 0 Å². The molecule has 0 aromatic heterocycles. The van der Waals surface area contributed by atoms with E-state index in [1.165, 1.54) is 0 Å². The minimum Gasteiger partial charge on any atom is -0.394 e. The summed E-state index contributed by atoms with van der Waals surface area (Å²) in [6.45, 7) is -3.03. The van der Waals surface area contributed by atoms with Crippen LogP contribution in [0.5, 0.6) is 0 Å². The van der Waals surface area contributed by atoms with E-state index in [-0.39, 0.29) is 0 Å². The highest BCUT2D eigenvalue weighted by molar-refractivity contribution is 5.01. The molecule has 2 rings (SSSR count). The normalized spacial score (nSPS) is 52.6. The zero-order valence-corrected chi connectivity index (χ0v) is 12.4. The third-order valence-corrected chi connectivity index (χ3v) is 4.17. The van der Waals surface area contributed by atoms with Gasteiger partial charge in [-0.05, 0) is 0 Å². The SMILES string of the molecule is OCC1OC(O[C@]2(CO)O[C@](O)(CO)[C@H](O)[C@@H]2O)C(O)C(O)C1O. The Morgan fingerprint density at radius 2 is 1.46 bits per heavy atom. The molecular formula is C12H22O12. The molecule has 142 valence electrons. The molecule has 9 atom stereocenters. The lowest BCUT2D eigenvalue weighted by Gasteiger charge is -2.43. The van der Waals surface area contributed by atoms with Gasteiger partial charge in [-0.15, -0.1) is 0 Å². The minimum absolute atomic E-state index is 0.746. The van der Waals surface area contributed by atoms with Crippen LogP contribution in [-0.4, -0.2) is 120 Å². The molecule has 0 amide bonds. The molecule has 2 aliphatic rings. The highest BCUT2D eigenvalue weighted by Crippen LogP contribution is 2.39. The van der Waals surface area contributed by atoms with E-state index in [9.17, 15) is 35.7 Å². The molecule has 0 aromatic carbocycles. The van der Waals surface area contributed by atoms with Crippen molar-refractivity contribution >= 4 is 0 Å². The number of hydrogen-bond acceptors (Lipinski definition) is 12. The van der Waals surface area contributed by atoms with Gasteiger partial charge in [-0.1, -0.05) is 0 Å². The highest BCUT2D eigenvalue weighted by atomic mass is 16.8. The van der Waals surface area contributed by atoms with Gasteiger partial charge in [-0.2, -0.15) is 0 Å². The first-order valence-electron chi connectivity index (χ1n) is 7.14. The van der Waals surface area contributed by atoms with Gasteiger partial charge in [0.15, 0.2) is 6.29 Å². The largest absolute Gasteiger partial charge is 0.394 e. The van der Waals surface area contributed by atoms with E-state index in [4.69, 9.17) is 24.4 Å². The molecule has 2 aliphatic heterocycles. The van der Waals surface area contributed by atoms with Crippen LogP contribution >= 0.6 is 0 Å². The Labute approximate surface area is 135 Å². The third-order valence-electron chi connectivity index (χ3n) is 4.17. The highest BCUT2D eigenvalue weighted by Gasteiger charge is 2.64. The number of aliphatic hydroxyl groups excluding tert-OH is 8. The van der Waals surface area contributed by atoms with Crippen LogP contribution in [0, 0.1) is 0 Å². The Hall–Kier alpha value is -0.480. The van der Waals surface area contributed by atoms with E-state index in [0.29, 0.717) is 0 Å². The van der Waals surface area contributed by atoms with Crippen LogP contribution < -0.4 is 0 Å². The molecule has 9 N–H and O–H groups in total. The molecule has 12 heteroatoms. The van der Waals surface area contributed by atoms with Gasteiger partial charge in [0.2, 0.25) is 11.6 Å². The van der Waals surface area contributed by atoms with Gasteiger partial charge >= 0.3 is 0 Å². The van der Waals surface area contributed by atoms with E-state index in [1.54, 1.807) is 0 Å². The van der Waals surface area contributed by atoms with Crippen LogP contribution in [0.2, 0.25) is 0 Å². The topological polar surface area (TPSA) is 210 Å². The van der Waals surface area contributed by atoms with Crippen LogP contribution in [0.4, 0.5) is 0 Å². The Kier molecular flexibility index (Phi) is 5.81. The van der Waals surface area contributed by atoms with E-state index in [2.05, 4.69) is 0 Å². The standard InChI is InChI=1S/C12H22O12/c13-1-4-5(16)6(17)7(18)10(22-4)23-12(3-15)9(20)8(19)11(21,2-14)24-12/h4-10,13-21H,1-3H2/t4?,5?,6?,7?,8-,9+,10?,11-,12-/m1/s1. The smallest absolute Gasteiger partial charge is 0.226 e. The fraction of sp³-hybridized carbons (Fsp3) is 1.00. The fourth-order valence-electron chi connectivity index (χ4n) is 2.65. The molecule has 2 saturated heterocycles. The molecule has 0 aromatic rings. The van der Waals surface area contributed by atoms with Gasteiger partial charge in [0.1, 0.15) is 43.2 Å². The quantitative estimate of drug-likeness (QED) is 0.225. The van der Waals surface area contributed by atoms with Crippen LogP contribution in [0.1, 0.15) is 0 Å². The van der Waals surface area contributed by atoms with Gasteiger partial charge < -0.3 is 60.2 Å². The molecule has 5 unspecified atom stereocenters. The maximum Gasteiger partial charge on any atom is 0.226 e. The second-order valence-corrected chi connectivity index (χ2v) is 5.78. The minimum atomic E-state index is -2.66. The summed E-state index contributed by atoms with van der Waals surface area (Å²) >= 11 is 0. The predicted octanol–water partition coefficient (Wildman–Crippen LogP) is -6.08. The third kappa shape index (κ3) is 3.05. The summed E-state index contributed by atoms with van der Waals surface area (Å²) in [5.41, 5.74) is 0. The summed E-state index contributed by atoms with van der Waals surface area (Å²) < 4.78 is 15.0.